The number of carboxylic acids is 1. The maximum Gasteiger partial charge on any atom is 0.328 e. The predicted molar refractivity (Wildman–Crippen MR) is 61.9 cm³/mol. The number of nitrogens with one attached hydrogen (secondary N) is 1. The number of hydrogen-bond donors (Lipinski definition) is 2. The molecule has 82 valence electrons. The van der Waals surface area contributed by atoms with Gasteiger partial charge in [-0.1, -0.05) is 5.57 Å². The molecule has 0 rings (SSSR count). The average Bonchev–Trinajstić information content (AvgIpc) is 2.02. The molecule has 0 aromatic rings. The molecule has 14 heavy (non-hydrogen) atoms. The number of rotatable bonds is 6. The summed E-state index contributed by atoms with van der Waals surface area (Å²) in [7, 11) is 0. The zero-order valence-corrected chi connectivity index (χ0v) is 10.1. The standard InChI is InChI=1S/C10H19NO2S/c1-8(5-9(12)13)6-11-7-10(2,3)14-4/h5,11H,6-7H2,1-4H3,(H,12,13). The molecule has 0 saturated heterocycles. The zero-order valence-electron chi connectivity index (χ0n) is 9.26. The smallest absolute Gasteiger partial charge is 0.328 e. The predicted octanol–water partition coefficient (Wildman–Crippen LogP) is 1.75. The van der Waals surface area contributed by atoms with Crippen molar-refractivity contribution >= 4 is 17.7 Å². The molecular formula is C10H19NO2S. The molecule has 0 aliphatic heterocycles. The van der Waals surface area contributed by atoms with Gasteiger partial charge in [-0.15, -0.1) is 0 Å². The minimum atomic E-state index is -0.881. The van der Waals surface area contributed by atoms with Crippen LogP contribution in [-0.2, 0) is 4.79 Å². The van der Waals surface area contributed by atoms with Crippen LogP contribution in [0.15, 0.2) is 11.6 Å². The largest absolute Gasteiger partial charge is 0.478 e. The minimum absolute atomic E-state index is 0.198. The number of carbonyl (C=O) groups is 1. The van der Waals surface area contributed by atoms with Crippen LogP contribution in [0.1, 0.15) is 20.8 Å². The Bertz CT molecular complexity index is 224. The lowest BCUT2D eigenvalue weighted by molar-refractivity contribution is -0.131. The van der Waals surface area contributed by atoms with Gasteiger partial charge in [0.2, 0.25) is 0 Å². The first-order chi connectivity index (χ1) is 6.37. The highest BCUT2D eigenvalue weighted by atomic mass is 32.2. The van der Waals surface area contributed by atoms with Gasteiger partial charge < -0.3 is 10.4 Å². The van der Waals surface area contributed by atoms with Crippen molar-refractivity contribution in [1.29, 1.82) is 0 Å². The molecule has 0 heterocycles. The highest BCUT2D eigenvalue weighted by molar-refractivity contribution is 7.99. The Labute approximate surface area is 90.0 Å². The molecule has 2 N–H and O–H groups in total. The summed E-state index contributed by atoms with van der Waals surface area (Å²) in [6, 6.07) is 0. The first kappa shape index (κ1) is 13.5. The van der Waals surface area contributed by atoms with Crippen LogP contribution in [0.4, 0.5) is 0 Å². The number of carboxylic acid groups (broad SMARTS) is 1. The molecule has 0 bridgehead atoms. The van der Waals surface area contributed by atoms with Crippen molar-refractivity contribution < 1.29 is 9.90 Å². The van der Waals surface area contributed by atoms with Gasteiger partial charge in [0, 0.05) is 23.9 Å². The topological polar surface area (TPSA) is 49.3 Å². The Hall–Kier alpha value is -0.480. The van der Waals surface area contributed by atoms with Crippen LogP contribution >= 0.6 is 11.8 Å². The molecule has 0 radical (unpaired) electrons. The fraction of sp³-hybridized carbons (Fsp3) is 0.700. The average molecular weight is 217 g/mol. The molecule has 0 aromatic carbocycles. The van der Waals surface area contributed by atoms with Crippen LogP contribution in [0.2, 0.25) is 0 Å². The lowest BCUT2D eigenvalue weighted by Crippen LogP contribution is -2.32. The van der Waals surface area contributed by atoms with Crippen molar-refractivity contribution in [1.82, 2.24) is 5.32 Å². The SMILES string of the molecule is CSC(C)(C)CNCC(C)=CC(=O)O. The second-order valence-electron chi connectivity index (χ2n) is 3.90. The van der Waals surface area contributed by atoms with E-state index in [1.165, 1.54) is 6.08 Å². The molecule has 0 amide bonds. The first-order valence-corrected chi connectivity index (χ1v) is 5.76. The van der Waals surface area contributed by atoms with Crippen LogP contribution < -0.4 is 5.32 Å². The van der Waals surface area contributed by atoms with Gasteiger partial charge >= 0.3 is 5.97 Å². The van der Waals surface area contributed by atoms with Gasteiger partial charge in [-0.05, 0) is 27.0 Å². The summed E-state index contributed by atoms with van der Waals surface area (Å²) in [5, 5.41) is 11.7. The summed E-state index contributed by atoms with van der Waals surface area (Å²) in [6.07, 6.45) is 3.31. The van der Waals surface area contributed by atoms with Crippen LogP contribution in [0.25, 0.3) is 0 Å². The minimum Gasteiger partial charge on any atom is -0.478 e. The highest BCUT2D eigenvalue weighted by Gasteiger charge is 2.14. The molecule has 0 fully saturated rings. The molecule has 0 saturated carbocycles. The summed E-state index contributed by atoms with van der Waals surface area (Å²) in [4.78, 5) is 10.3. The van der Waals surface area contributed by atoms with E-state index in [-0.39, 0.29) is 4.75 Å². The van der Waals surface area contributed by atoms with Crippen LogP contribution in [0.5, 0.6) is 0 Å². The normalized spacial score (nSPS) is 13.0. The molecule has 4 heteroatoms. The molecule has 0 spiro atoms. The van der Waals surface area contributed by atoms with Crippen molar-refractivity contribution in [2.24, 2.45) is 0 Å². The van der Waals surface area contributed by atoms with E-state index < -0.39 is 5.97 Å². The van der Waals surface area contributed by atoms with E-state index in [1.807, 2.05) is 6.92 Å². The summed E-state index contributed by atoms with van der Waals surface area (Å²) >= 11 is 1.79. The molecular weight excluding hydrogens is 198 g/mol. The van der Waals surface area contributed by atoms with Gasteiger partial charge in [0.25, 0.3) is 0 Å². The molecule has 0 aliphatic rings. The van der Waals surface area contributed by atoms with Crippen LogP contribution in [-0.4, -0.2) is 35.2 Å². The first-order valence-electron chi connectivity index (χ1n) is 4.53. The van der Waals surface area contributed by atoms with Crippen LogP contribution in [0.3, 0.4) is 0 Å². The Morgan fingerprint density at radius 3 is 2.57 bits per heavy atom. The monoisotopic (exact) mass is 217 g/mol. The van der Waals surface area contributed by atoms with E-state index in [9.17, 15) is 4.79 Å². The van der Waals surface area contributed by atoms with E-state index >= 15 is 0 Å². The van der Waals surface area contributed by atoms with Crippen molar-refractivity contribution in [2.45, 2.75) is 25.5 Å². The van der Waals surface area contributed by atoms with Crippen molar-refractivity contribution in [3.8, 4) is 0 Å². The Kier molecular flexibility index (Phi) is 5.88. The third-order valence-electron chi connectivity index (χ3n) is 1.88. The second-order valence-corrected chi connectivity index (χ2v) is 5.41. The maximum atomic E-state index is 10.3. The van der Waals surface area contributed by atoms with Crippen molar-refractivity contribution in [3.63, 3.8) is 0 Å². The quantitative estimate of drug-likeness (QED) is 0.665. The van der Waals surface area contributed by atoms with Crippen molar-refractivity contribution in [2.75, 3.05) is 19.3 Å². The fourth-order valence-electron chi connectivity index (χ4n) is 0.895. The van der Waals surface area contributed by atoms with Gasteiger partial charge in [-0.3, -0.25) is 0 Å². The lowest BCUT2D eigenvalue weighted by Gasteiger charge is -2.22. The summed E-state index contributed by atoms with van der Waals surface area (Å²) in [5.74, 6) is -0.881. The maximum absolute atomic E-state index is 10.3. The van der Waals surface area contributed by atoms with E-state index in [0.717, 1.165) is 12.1 Å². The lowest BCUT2D eigenvalue weighted by atomic mass is 10.2. The van der Waals surface area contributed by atoms with E-state index in [2.05, 4.69) is 25.4 Å². The third-order valence-corrected chi connectivity index (χ3v) is 3.13. The van der Waals surface area contributed by atoms with E-state index in [4.69, 9.17) is 5.11 Å². The van der Waals surface area contributed by atoms with Gasteiger partial charge in [0.15, 0.2) is 0 Å². The molecule has 0 aromatic heterocycles. The Morgan fingerprint density at radius 2 is 2.14 bits per heavy atom. The van der Waals surface area contributed by atoms with Crippen LogP contribution in [0, 0.1) is 0 Å². The zero-order chi connectivity index (χ0) is 11.2. The molecule has 0 aliphatic carbocycles. The summed E-state index contributed by atoms with van der Waals surface area (Å²) in [6.45, 7) is 7.63. The summed E-state index contributed by atoms with van der Waals surface area (Å²) < 4.78 is 0.198. The fourth-order valence-corrected chi connectivity index (χ4v) is 1.14. The number of hydrogen-bond acceptors (Lipinski definition) is 3. The van der Waals surface area contributed by atoms with Gasteiger partial charge in [-0.25, -0.2) is 4.79 Å². The van der Waals surface area contributed by atoms with Gasteiger partial charge in [0.1, 0.15) is 0 Å². The molecule has 0 atom stereocenters. The number of thioether (sulfide) groups is 1. The van der Waals surface area contributed by atoms with E-state index in [1.54, 1.807) is 11.8 Å². The third kappa shape index (κ3) is 6.97. The van der Waals surface area contributed by atoms with Gasteiger partial charge in [0.05, 0.1) is 0 Å². The number of aliphatic carboxylic acids is 1. The van der Waals surface area contributed by atoms with Gasteiger partial charge in [-0.2, -0.15) is 11.8 Å². The van der Waals surface area contributed by atoms with E-state index in [0.29, 0.717) is 6.54 Å². The van der Waals surface area contributed by atoms with Crippen molar-refractivity contribution in [3.05, 3.63) is 11.6 Å². The summed E-state index contributed by atoms with van der Waals surface area (Å²) in [5.41, 5.74) is 0.842. The molecule has 0 unspecified atom stereocenters. The molecule has 3 nitrogen and oxygen atoms in total. The Morgan fingerprint density at radius 1 is 1.57 bits per heavy atom. The Balaban J connectivity index is 3.80. The second kappa shape index (κ2) is 6.09. The highest BCUT2D eigenvalue weighted by Crippen LogP contribution is 2.19.